The van der Waals surface area contributed by atoms with Crippen molar-refractivity contribution in [1.29, 1.82) is 5.41 Å². The van der Waals surface area contributed by atoms with Gasteiger partial charge in [0.05, 0.1) is 0 Å². The van der Waals surface area contributed by atoms with E-state index in [1.54, 1.807) is 30.3 Å². The molecule has 0 saturated carbocycles. The molecule has 0 aliphatic carbocycles. The molecule has 0 fully saturated rings. The van der Waals surface area contributed by atoms with Crippen molar-refractivity contribution in [3.8, 4) is 5.75 Å². The molecule has 0 unspecified atom stereocenters. The van der Waals surface area contributed by atoms with Crippen LogP contribution in [0, 0.1) is 5.41 Å². The number of rotatable bonds is 1. The number of hydrogen-bond donors (Lipinski definition) is 2. The van der Waals surface area contributed by atoms with E-state index in [9.17, 15) is 0 Å². The molecule has 0 atom stereocenters. The Morgan fingerprint density at radius 2 is 1.75 bits per heavy atom. The number of benzene rings is 1. The zero-order chi connectivity index (χ0) is 9.40. The van der Waals surface area contributed by atoms with Crippen molar-refractivity contribution >= 4 is 6.21 Å². The SMILES string of the molecule is C=CC.N=Cc1ccc(O)cc1. The Bertz CT molecular complexity index is 239. The molecule has 0 bridgehead atoms. The van der Waals surface area contributed by atoms with Crippen molar-refractivity contribution in [3.05, 3.63) is 42.5 Å². The van der Waals surface area contributed by atoms with Gasteiger partial charge in [0.25, 0.3) is 0 Å². The lowest BCUT2D eigenvalue weighted by Crippen LogP contribution is -1.74. The second-order valence-corrected chi connectivity index (χ2v) is 2.14. The van der Waals surface area contributed by atoms with E-state index in [0.29, 0.717) is 0 Å². The average Bonchev–Trinajstić information content (AvgIpc) is 2.07. The number of phenols is 1. The van der Waals surface area contributed by atoms with E-state index in [1.807, 2.05) is 6.92 Å². The molecule has 0 aliphatic rings. The van der Waals surface area contributed by atoms with Gasteiger partial charge in [0.15, 0.2) is 0 Å². The van der Waals surface area contributed by atoms with Crippen molar-refractivity contribution in [2.75, 3.05) is 0 Å². The maximum absolute atomic E-state index is 8.78. The van der Waals surface area contributed by atoms with Crippen LogP contribution in [0.5, 0.6) is 5.75 Å². The molecule has 0 amide bonds. The summed E-state index contributed by atoms with van der Waals surface area (Å²) < 4.78 is 0. The van der Waals surface area contributed by atoms with Gasteiger partial charge in [0, 0.05) is 6.21 Å². The highest BCUT2D eigenvalue weighted by molar-refractivity contribution is 5.76. The van der Waals surface area contributed by atoms with Gasteiger partial charge in [-0.05, 0) is 36.8 Å². The monoisotopic (exact) mass is 163 g/mol. The van der Waals surface area contributed by atoms with Gasteiger partial charge < -0.3 is 10.5 Å². The molecule has 0 aromatic heterocycles. The Balaban J connectivity index is 0.000000354. The van der Waals surface area contributed by atoms with Gasteiger partial charge in [0.1, 0.15) is 5.75 Å². The summed E-state index contributed by atoms with van der Waals surface area (Å²) in [5, 5.41) is 15.6. The predicted octanol–water partition coefficient (Wildman–Crippen LogP) is 2.58. The smallest absolute Gasteiger partial charge is 0.115 e. The molecule has 1 aromatic carbocycles. The summed E-state index contributed by atoms with van der Waals surface area (Å²) in [5.74, 6) is 0.237. The topological polar surface area (TPSA) is 44.1 Å². The highest BCUT2D eigenvalue weighted by Crippen LogP contribution is 2.06. The minimum absolute atomic E-state index is 0.237. The standard InChI is InChI=1S/C7H7NO.C3H6/c8-5-6-1-3-7(9)4-2-6;1-3-2/h1-5,8-9H;3H,1H2,2H3. The second-order valence-electron chi connectivity index (χ2n) is 2.14. The van der Waals surface area contributed by atoms with Crippen LogP contribution < -0.4 is 0 Å². The molecule has 64 valence electrons. The molecule has 1 rings (SSSR count). The lowest BCUT2D eigenvalue weighted by atomic mass is 10.2. The Kier molecular flexibility index (Phi) is 5.35. The van der Waals surface area contributed by atoms with Crippen LogP contribution in [0.1, 0.15) is 12.5 Å². The van der Waals surface area contributed by atoms with E-state index in [-0.39, 0.29) is 5.75 Å². The third-order valence-corrected chi connectivity index (χ3v) is 1.06. The Hall–Kier alpha value is -1.57. The summed E-state index contributed by atoms with van der Waals surface area (Å²) in [4.78, 5) is 0. The number of phenolic OH excluding ortho intramolecular Hbond substituents is 1. The van der Waals surface area contributed by atoms with Gasteiger partial charge in [-0.25, -0.2) is 0 Å². The summed E-state index contributed by atoms with van der Waals surface area (Å²) in [6.07, 6.45) is 2.99. The summed E-state index contributed by atoms with van der Waals surface area (Å²) in [6, 6.07) is 6.48. The van der Waals surface area contributed by atoms with Crippen LogP contribution >= 0.6 is 0 Å². The van der Waals surface area contributed by atoms with Crippen molar-refractivity contribution < 1.29 is 5.11 Å². The van der Waals surface area contributed by atoms with Crippen molar-refractivity contribution in [2.24, 2.45) is 0 Å². The second kappa shape index (κ2) is 6.16. The third kappa shape index (κ3) is 4.28. The van der Waals surface area contributed by atoms with E-state index >= 15 is 0 Å². The van der Waals surface area contributed by atoms with Crippen LogP contribution in [-0.4, -0.2) is 11.3 Å². The molecule has 0 aliphatic heterocycles. The van der Waals surface area contributed by atoms with Gasteiger partial charge in [-0.3, -0.25) is 0 Å². The quantitative estimate of drug-likeness (QED) is 0.485. The third-order valence-electron chi connectivity index (χ3n) is 1.06. The van der Waals surface area contributed by atoms with Crippen LogP contribution in [0.25, 0.3) is 0 Å². The number of aromatic hydroxyl groups is 1. The Morgan fingerprint density at radius 1 is 1.33 bits per heavy atom. The van der Waals surface area contributed by atoms with E-state index in [0.717, 1.165) is 5.56 Å². The average molecular weight is 163 g/mol. The molecule has 2 heteroatoms. The normalized spacial score (nSPS) is 7.75. The van der Waals surface area contributed by atoms with Gasteiger partial charge in [-0.1, -0.05) is 6.08 Å². The molecular weight excluding hydrogens is 150 g/mol. The fourth-order valence-corrected chi connectivity index (χ4v) is 0.571. The lowest BCUT2D eigenvalue weighted by molar-refractivity contribution is 0.475. The van der Waals surface area contributed by atoms with Crippen molar-refractivity contribution in [3.63, 3.8) is 0 Å². The molecule has 1 aromatic rings. The Labute approximate surface area is 72.7 Å². The van der Waals surface area contributed by atoms with Crippen molar-refractivity contribution in [2.45, 2.75) is 6.92 Å². The fourth-order valence-electron chi connectivity index (χ4n) is 0.571. The van der Waals surface area contributed by atoms with Gasteiger partial charge in [-0.2, -0.15) is 0 Å². The van der Waals surface area contributed by atoms with Gasteiger partial charge >= 0.3 is 0 Å². The van der Waals surface area contributed by atoms with Crippen molar-refractivity contribution in [1.82, 2.24) is 0 Å². The minimum atomic E-state index is 0.237. The summed E-state index contributed by atoms with van der Waals surface area (Å²) in [7, 11) is 0. The van der Waals surface area contributed by atoms with Gasteiger partial charge in [0.2, 0.25) is 0 Å². The number of nitrogens with one attached hydrogen (secondary N) is 1. The summed E-state index contributed by atoms with van der Waals surface area (Å²) in [5.41, 5.74) is 0.799. The number of hydrogen-bond acceptors (Lipinski definition) is 2. The molecule has 2 N–H and O–H groups in total. The van der Waals surface area contributed by atoms with Crippen LogP contribution in [0.4, 0.5) is 0 Å². The summed E-state index contributed by atoms with van der Waals surface area (Å²) in [6.45, 7) is 5.25. The van der Waals surface area contributed by atoms with Gasteiger partial charge in [-0.15, -0.1) is 6.58 Å². The molecule has 2 nitrogen and oxygen atoms in total. The molecule has 0 heterocycles. The molecule has 0 radical (unpaired) electrons. The van der Waals surface area contributed by atoms with Crippen LogP contribution in [0.2, 0.25) is 0 Å². The van der Waals surface area contributed by atoms with E-state index in [4.69, 9.17) is 10.5 Å². The molecule has 12 heavy (non-hydrogen) atoms. The predicted molar refractivity (Wildman–Crippen MR) is 51.9 cm³/mol. The minimum Gasteiger partial charge on any atom is -0.508 e. The van der Waals surface area contributed by atoms with E-state index in [2.05, 4.69) is 6.58 Å². The fraction of sp³-hybridized carbons (Fsp3) is 0.100. The highest BCUT2D eigenvalue weighted by atomic mass is 16.3. The molecular formula is C10H13NO. The first-order valence-corrected chi connectivity index (χ1v) is 3.61. The van der Waals surface area contributed by atoms with E-state index < -0.39 is 0 Å². The zero-order valence-electron chi connectivity index (χ0n) is 7.12. The highest BCUT2D eigenvalue weighted by Gasteiger charge is 1.85. The largest absolute Gasteiger partial charge is 0.508 e. The number of allylic oxidation sites excluding steroid dienone is 1. The van der Waals surface area contributed by atoms with Crippen LogP contribution in [0.3, 0.4) is 0 Å². The van der Waals surface area contributed by atoms with Crippen LogP contribution in [-0.2, 0) is 0 Å². The lowest BCUT2D eigenvalue weighted by Gasteiger charge is -1.89. The Morgan fingerprint density at radius 3 is 2.08 bits per heavy atom. The maximum atomic E-state index is 8.78. The zero-order valence-corrected chi connectivity index (χ0v) is 7.12. The first kappa shape index (κ1) is 10.4. The maximum Gasteiger partial charge on any atom is 0.115 e. The summed E-state index contributed by atoms with van der Waals surface area (Å²) >= 11 is 0. The van der Waals surface area contributed by atoms with Crippen LogP contribution in [0.15, 0.2) is 36.9 Å². The first-order chi connectivity index (χ1) is 5.74. The molecule has 0 spiro atoms. The first-order valence-electron chi connectivity index (χ1n) is 3.61. The molecule has 0 saturated heterocycles. The van der Waals surface area contributed by atoms with E-state index in [1.165, 1.54) is 6.21 Å².